The minimum atomic E-state index is -0.506. The van der Waals surface area contributed by atoms with Gasteiger partial charge in [-0.3, -0.25) is 9.59 Å². The van der Waals surface area contributed by atoms with Crippen molar-refractivity contribution < 1.29 is 47.7 Å². The number of carbonyl (C=O) groups is 5. The van der Waals surface area contributed by atoms with Crippen molar-refractivity contribution in [2.24, 2.45) is 11.8 Å². The fourth-order valence-electron chi connectivity index (χ4n) is 7.15. The molecule has 7 rings (SSSR count). The average Bonchev–Trinajstić information content (AvgIpc) is 3.20. The Morgan fingerprint density at radius 3 is 1.38 bits per heavy atom. The molecule has 0 unspecified atom stereocenters. The van der Waals surface area contributed by atoms with Gasteiger partial charge in [-0.25, -0.2) is 14.4 Å². The Kier molecular flexibility index (Phi) is 16.0. The largest absolute Gasteiger partial charge is 0.490 e. The number of hydrogen-bond donors (Lipinski definition) is 3. The fourth-order valence-corrected chi connectivity index (χ4v) is 7.15. The van der Waals surface area contributed by atoms with E-state index in [1.165, 1.54) is 4.90 Å². The van der Waals surface area contributed by atoms with E-state index >= 15 is 0 Å². The number of nitrogens with one attached hydrogen (secondary N) is 3. The fraction of sp³-hybridized carbons (Fsp3) is 0.521. The zero-order valence-electron chi connectivity index (χ0n) is 37.9. The Labute approximate surface area is 376 Å². The summed E-state index contributed by atoms with van der Waals surface area (Å²) in [4.78, 5) is 66.0. The van der Waals surface area contributed by atoms with E-state index in [0.717, 1.165) is 55.8 Å². The molecule has 16 heteroatoms. The van der Waals surface area contributed by atoms with Crippen LogP contribution >= 0.6 is 0 Å². The molecule has 3 aromatic rings. The van der Waals surface area contributed by atoms with E-state index in [1.54, 1.807) is 21.9 Å². The first-order valence-corrected chi connectivity index (χ1v) is 22.2. The summed E-state index contributed by atoms with van der Waals surface area (Å²) in [5.74, 6) is 1.21. The summed E-state index contributed by atoms with van der Waals surface area (Å²) in [5.41, 5.74) is 1.38. The van der Waals surface area contributed by atoms with Crippen LogP contribution in [0.15, 0.2) is 78.9 Å². The molecule has 0 radical (unpaired) electrons. The highest BCUT2D eigenvalue weighted by molar-refractivity contribution is 5.94. The molecule has 0 saturated carbocycles. The second-order valence-corrected chi connectivity index (χ2v) is 18.6. The summed E-state index contributed by atoms with van der Waals surface area (Å²) in [5, 5.41) is 8.91. The lowest BCUT2D eigenvalue weighted by molar-refractivity contribution is -0.124. The first kappa shape index (κ1) is 47.4. The van der Waals surface area contributed by atoms with Crippen molar-refractivity contribution in [3.05, 3.63) is 84.4 Å². The molecule has 4 fully saturated rings. The molecule has 4 aliphatic heterocycles. The Morgan fingerprint density at radius 1 is 0.562 bits per heavy atom. The van der Waals surface area contributed by atoms with Crippen LogP contribution in [0.5, 0.6) is 11.5 Å². The topological polar surface area (TPSA) is 177 Å². The molecule has 0 atom stereocenters. The highest BCUT2D eigenvalue weighted by atomic mass is 16.6. The normalized spacial score (nSPS) is 17.4. The molecule has 16 nitrogen and oxygen atoms in total. The van der Waals surface area contributed by atoms with Crippen molar-refractivity contribution in [2.75, 3.05) is 63.0 Å². The summed E-state index contributed by atoms with van der Waals surface area (Å²) in [7, 11) is 0. The zero-order chi connectivity index (χ0) is 45.9. The van der Waals surface area contributed by atoms with E-state index in [-0.39, 0.29) is 54.7 Å². The van der Waals surface area contributed by atoms with Crippen molar-refractivity contribution >= 4 is 41.5 Å². The maximum absolute atomic E-state index is 12.6. The molecule has 5 amide bonds. The third-order valence-electron chi connectivity index (χ3n) is 10.9. The van der Waals surface area contributed by atoms with Gasteiger partial charge in [0.2, 0.25) is 11.8 Å². The number of carbonyl (C=O) groups excluding carboxylic acids is 5. The van der Waals surface area contributed by atoms with Crippen molar-refractivity contribution in [2.45, 2.75) is 97.2 Å². The number of benzene rings is 3. The molecule has 3 aromatic carbocycles. The maximum atomic E-state index is 12.6. The summed E-state index contributed by atoms with van der Waals surface area (Å²) in [6.07, 6.45) is 2.12. The van der Waals surface area contributed by atoms with Crippen LogP contribution in [0.3, 0.4) is 0 Å². The van der Waals surface area contributed by atoms with Crippen LogP contribution in [0.25, 0.3) is 0 Å². The first-order chi connectivity index (χ1) is 30.5. The van der Waals surface area contributed by atoms with Crippen LogP contribution in [0.2, 0.25) is 0 Å². The minimum Gasteiger partial charge on any atom is -0.490 e. The molecule has 4 saturated heterocycles. The van der Waals surface area contributed by atoms with Crippen molar-refractivity contribution in [3.63, 3.8) is 0 Å². The maximum Gasteiger partial charge on any atom is 0.410 e. The Hall–Kier alpha value is -6.03. The van der Waals surface area contributed by atoms with E-state index in [0.29, 0.717) is 50.7 Å². The van der Waals surface area contributed by atoms with Crippen LogP contribution in [-0.4, -0.2) is 121 Å². The van der Waals surface area contributed by atoms with Gasteiger partial charge in [-0.2, -0.15) is 0 Å². The lowest BCUT2D eigenvalue weighted by Gasteiger charge is -2.37. The molecular formula is C48H64N6O10. The highest BCUT2D eigenvalue weighted by Gasteiger charge is 2.37. The standard InChI is InChI=1S/C28H35N3O6.C20H29N3O4/c1-28(2,3)37-27(34)30-15-13-24(14-16-30)36-23-11-9-22(10-12-23)29-25(32)21-17-31(18-21)26(33)35-19-20-7-5-4-6-8-20;1-20(2,3)27-19(25)23-10-8-17(9-11-23)26-16-6-4-15(5-7-16)22-18(24)14-12-21-13-14/h4-12,21,24H,13-19H2,1-3H3,(H,29,32);4-7,14,17,21H,8-13H2,1-3H3,(H,22,24). The SMILES string of the molecule is CC(C)(C)OC(=O)N1CCC(Oc2ccc(NC(=O)C3CN(C(=O)OCc4ccccc4)C3)cc2)CC1.CC(C)(C)OC(=O)N1CCC(Oc2ccc(NC(=O)C3CNC3)cc2)CC1. The number of ether oxygens (including phenoxy) is 5. The van der Waals surface area contributed by atoms with Gasteiger partial charge >= 0.3 is 18.3 Å². The van der Waals surface area contributed by atoms with Gasteiger partial charge in [-0.05, 0) is 95.6 Å². The van der Waals surface area contributed by atoms with Gasteiger partial charge in [0.25, 0.3) is 0 Å². The van der Waals surface area contributed by atoms with Crippen LogP contribution in [0.1, 0.15) is 72.8 Å². The summed E-state index contributed by atoms with van der Waals surface area (Å²) >= 11 is 0. The second-order valence-electron chi connectivity index (χ2n) is 18.6. The van der Waals surface area contributed by atoms with Crippen molar-refractivity contribution in [1.29, 1.82) is 0 Å². The number of nitrogens with zero attached hydrogens (tertiary/aromatic N) is 3. The van der Waals surface area contributed by atoms with Gasteiger partial charge in [0.15, 0.2) is 0 Å². The van der Waals surface area contributed by atoms with Crippen LogP contribution < -0.4 is 25.4 Å². The quantitative estimate of drug-likeness (QED) is 0.174. The van der Waals surface area contributed by atoms with Gasteiger partial charge in [0.1, 0.15) is 41.5 Å². The number of anilines is 2. The van der Waals surface area contributed by atoms with Gasteiger partial charge in [-0.1, -0.05) is 30.3 Å². The lowest BCUT2D eigenvalue weighted by atomic mass is 10.00. The molecule has 0 spiro atoms. The predicted molar refractivity (Wildman–Crippen MR) is 241 cm³/mol. The Morgan fingerprint density at radius 2 is 0.984 bits per heavy atom. The van der Waals surface area contributed by atoms with E-state index in [9.17, 15) is 24.0 Å². The van der Waals surface area contributed by atoms with Crippen molar-refractivity contribution in [3.8, 4) is 11.5 Å². The van der Waals surface area contributed by atoms with E-state index in [2.05, 4.69) is 16.0 Å². The number of likely N-dealkylation sites (tertiary alicyclic amines) is 3. The highest BCUT2D eigenvalue weighted by Crippen LogP contribution is 2.26. The first-order valence-electron chi connectivity index (χ1n) is 22.2. The molecule has 4 aliphatic rings. The molecule has 346 valence electrons. The molecule has 4 heterocycles. The van der Waals surface area contributed by atoms with Gasteiger partial charge < -0.3 is 54.3 Å². The smallest absolute Gasteiger partial charge is 0.410 e. The Balaban J connectivity index is 0.000000223. The number of piperidine rings is 2. The van der Waals surface area contributed by atoms with Crippen LogP contribution in [0, 0.1) is 11.8 Å². The summed E-state index contributed by atoms with van der Waals surface area (Å²) < 4.78 is 28.2. The number of amides is 5. The second kappa shape index (κ2) is 21.6. The van der Waals surface area contributed by atoms with Crippen molar-refractivity contribution in [1.82, 2.24) is 20.0 Å². The summed E-state index contributed by atoms with van der Waals surface area (Å²) in [6, 6.07) is 24.2. The summed E-state index contributed by atoms with van der Waals surface area (Å²) in [6.45, 7) is 16.0. The molecule has 3 N–H and O–H groups in total. The van der Waals surface area contributed by atoms with Gasteiger partial charge in [0, 0.05) is 89.4 Å². The van der Waals surface area contributed by atoms with Gasteiger partial charge in [0.05, 0.1) is 11.8 Å². The molecular weight excluding hydrogens is 821 g/mol. The number of hydrogen-bond acceptors (Lipinski definition) is 11. The third kappa shape index (κ3) is 14.8. The van der Waals surface area contributed by atoms with Crippen LogP contribution in [0.4, 0.5) is 25.8 Å². The zero-order valence-corrected chi connectivity index (χ0v) is 37.9. The molecule has 0 bridgehead atoms. The van der Waals surface area contributed by atoms with Gasteiger partial charge in [-0.15, -0.1) is 0 Å². The predicted octanol–water partition coefficient (Wildman–Crippen LogP) is 7.29. The minimum absolute atomic E-state index is 0.0155. The van der Waals surface area contributed by atoms with E-state index in [1.807, 2.05) is 108 Å². The lowest BCUT2D eigenvalue weighted by Crippen LogP contribution is -2.54. The van der Waals surface area contributed by atoms with E-state index in [4.69, 9.17) is 23.7 Å². The Bertz CT molecular complexity index is 2010. The average molecular weight is 885 g/mol. The van der Waals surface area contributed by atoms with Crippen LogP contribution in [-0.2, 0) is 30.4 Å². The third-order valence-corrected chi connectivity index (χ3v) is 10.9. The molecule has 0 aromatic heterocycles. The van der Waals surface area contributed by atoms with E-state index < -0.39 is 17.3 Å². The molecule has 0 aliphatic carbocycles. The monoisotopic (exact) mass is 884 g/mol. The molecule has 64 heavy (non-hydrogen) atoms. The number of rotatable bonds is 10.